The highest BCUT2D eigenvalue weighted by Gasteiger charge is 2.31. The molecule has 1 amide bonds. The van der Waals surface area contributed by atoms with E-state index in [1.54, 1.807) is 4.90 Å². The molecule has 0 bridgehead atoms. The molecule has 1 aliphatic carbocycles. The molecule has 1 fully saturated rings. The average molecular weight is 386 g/mol. The van der Waals surface area contributed by atoms with Gasteiger partial charge in [0.15, 0.2) is 18.2 Å². The van der Waals surface area contributed by atoms with Crippen LogP contribution in [0.4, 0.5) is 0 Å². The molecular weight excluding hydrogens is 364 g/mol. The van der Waals surface area contributed by atoms with Crippen LogP contribution >= 0.6 is 0 Å². The lowest BCUT2D eigenvalue weighted by molar-refractivity contribution is -0.605. The molecule has 29 heavy (non-hydrogen) atoms. The van der Waals surface area contributed by atoms with E-state index in [0.717, 1.165) is 36.6 Å². The number of amides is 1. The van der Waals surface area contributed by atoms with Crippen molar-refractivity contribution in [1.29, 1.82) is 0 Å². The van der Waals surface area contributed by atoms with Crippen molar-refractivity contribution >= 4 is 22.5 Å². The number of carbonyl (C=O) groups excluding carboxylic acids is 2. The molecule has 1 atom stereocenters. The van der Waals surface area contributed by atoms with Crippen LogP contribution in [0.15, 0.2) is 54.9 Å². The third-order valence-corrected chi connectivity index (χ3v) is 6.27. The van der Waals surface area contributed by atoms with Crippen molar-refractivity contribution in [2.75, 3.05) is 13.1 Å². The zero-order valence-electron chi connectivity index (χ0n) is 16.1. The van der Waals surface area contributed by atoms with E-state index in [0.29, 0.717) is 23.4 Å². The normalized spacial score (nSPS) is 18.2. The molecular formula is C24H22N2O3. The van der Waals surface area contributed by atoms with E-state index in [1.165, 1.54) is 41.0 Å². The topological polar surface area (TPSA) is 64.3 Å². The molecule has 1 aromatic heterocycles. The molecule has 1 aliphatic heterocycles. The third-order valence-electron chi connectivity index (χ3n) is 6.27. The summed E-state index contributed by atoms with van der Waals surface area (Å²) in [6.07, 6.45) is 6.32. The summed E-state index contributed by atoms with van der Waals surface area (Å²) in [4.78, 5) is 28.0. The van der Waals surface area contributed by atoms with E-state index >= 15 is 0 Å². The van der Waals surface area contributed by atoms with Gasteiger partial charge in [-0.05, 0) is 47.6 Å². The van der Waals surface area contributed by atoms with Crippen molar-refractivity contribution in [2.24, 2.45) is 5.92 Å². The van der Waals surface area contributed by atoms with Gasteiger partial charge in [-0.15, -0.1) is 0 Å². The van der Waals surface area contributed by atoms with Gasteiger partial charge in [0.1, 0.15) is 0 Å². The van der Waals surface area contributed by atoms with Crippen LogP contribution in [0.3, 0.4) is 0 Å². The number of aromatic nitrogens is 1. The number of nitrogens with zero attached hydrogens (tertiary/aromatic N) is 2. The average Bonchev–Trinajstić information content (AvgIpc) is 3.19. The van der Waals surface area contributed by atoms with Crippen LogP contribution < -0.4 is 4.73 Å². The first-order chi connectivity index (χ1) is 14.1. The Bertz CT molecular complexity index is 1110. The second kappa shape index (κ2) is 6.99. The van der Waals surface area contributed by atoms with Gasteiger partial charge in [0.2, 0.25) is 0 Å². The molecule has 5 nitrogen and oxygen atoms in total. The Kier molecular flexibility index (Phi) is 4.31. The SMILES string of the molecule is O=C(c1ccc2c3c(cccc13)CC2)[C@@H]1CCCN(C(=O)c2cc[n+]([O-])cc2)C1. The van der Waals surface area contributed by atoms with E-state index in [4.69, 9.17) is 0 Å². The number of aryl methyl sites for hydroxylation is 2. The van der Waals surface area contributed by atoms with Crippen molar-refractivity contribution in [3.63, 3.8) is 0 Å². The fourth-order valence-electron chi connectivity index (χ4n) is 4.80. The Morgan fingerprint density at radius 1 is 1.00 bits per heavy atom. The van der Waals surface area contributed by atoms with Crippen molar-refractivity contribution in [3.05, 3.63) is 82.3 Å². The molecule has 2 aromatic carbocycles. The molecule has 0 spiro atoms. The summed E-state index contributed by atoms with van der Waals surface area (Å²) in [5.74, 6) is -0.189. The lowest BCUT2D eigenvalue weighted by Gasteiger charge is -2.32. The lowest BCUT2D eigenvalue weighted by Crippen LogP contribution is -2.42. The Balaban J connectivity index is 1.42. The first-order valence-corrected chi connectivity index (χ1v) is 10.2. The Hall–Kier alpha value is -3.21. The van der Waals surface area contributed by atoms with Crippen LogP contribution in [-0.2, 0) is 12.8 Å². The number of Topliss-reactive ketones (excluding diaryl/α,β-unsaturated/α-hetero) is 1. The van der Waals surface area contributed by atoms with Gasteiger partial charge in [0.05, 0.1) is 5.56 Å². The van der Waals surface area contributed by atoms with Crippen LogP contribution in [0.25, 0.3) is 10.8 Å². The summed E-state index contributed by atoms with van der Waals surface area (Å²) < 4.78 is 0.662. The number of likely N-dealkylation sites (tertiary alicyclic amines) is 1. The second-order valence-electron chi connectivity index (χ2n) is 8.01. The molecule has 0 radical (unpaired) electrons. The highest BCUT2D eigenvalue weighted by Crippen LogP contribution is 2.34. The summed E-state index contributed by atoms with van der Waals surface area (Å²) >= 11 is 0. The summed E-state index contributed by atoms with van der Waals surface area (Å²) in [7, 11) is 0. The molecule has 146 valence electrons. The third kappa shape index (κ3) is 3.07. The molecule has 1 saturated heterocycles. The maximum atomic E-state index is 13.4. The minimum atomic E-state index is -0.195. The summed E-state index contributed by atoms with van der Waals surface area (Å²) in [5.41, 5.74) is 3.91. The number of piperidine rings is 1. The lowest BCUT2D eigenvalue weighted by atomic mass is 9.87. The fraction of sp³-hybridized carbons (Fsp3) is 0.292. The van der Waals surface area contributed by atoms with Crippen LogP contribution in [-0.4, -0.2) is 29.7 Å². The first-order valence-electron chi connectivity index (χ1n) is 10.2. The van der Waals surface area contributed by atoms with Gasteiger partial charge in [0.25, 0.3) is 5.91 Å². The van der Waals surface area contributed by atoms with Gasteiger partial charge < -0.3 is 10.1 Å². The smallest absolute Gasteiger partial charge is 0.254 e. The molecule has 5 heteroatoms. The van der Waals surface area contributed by atoms with Crippen LogP contribution in [0.5, 0.6) is 0 Å². The predicted molar refractivity (Wildman–Crippen MR) is 110 cm³/mol. The van der Waals surface area contributed by atoms with E-state index < -0.39 is 0 Å². The molecule has 0 saturated carbocycles. The Labute approximate surface area is 169 Å². The summed E-state index contributed by atoms with van der Waals surface area (Å²) in [5, 5.41) is 13.5. The van der Waals surface area contributed by atoms with Crippen molar-refractivity contribution in [3.8, 4) is 0 Å². The molecule has 5 rings (SSSR count). The Morgan fingerprint density at radius 2 is 1.76 bits per heavy atom. The Morgan fingerprint density at radius 3 is 2.55 bits per heavy atom. The van der Waals surface area contributed by atoms with Crippen molar-refractivity contribution in [2.45, 2.75) is 25.7 Å². The van der Waals surface area contributed by atoms with Gasteiger partial charge in [-0.25, -0.2) is 0 Å². The maximum absolute atomic E-state index is 13.4. The van der Waals surface area contributed by atoms with Crippen LogP contribution in [0.2, 0.25) is 0 Å². The number of rotatable bonds is 3. The minimum absolute atomic E-state index is 0.122. The van der Waals surface area contributed by atoms with E-state index in [2.05, 4.69) is 18.2 Å². The second-order valence-corrected chi connectivity index (χ2v) is 8.01. The van der Waals surface area contributed by atoms with Crippen molar-refractivity contribution < 1.29 is 14.3 Å². The van der Waals surface area contributed by atoms with Crippen molar-refractivity contribution in [1.82, 2.24) is 4.90 Å². The highest BCUT2D eigenvalue weighted by molar-refractivity contribution is 6.11. The zero-order chi connectivity index (χ0) is 20.0. The zero-order valence-corrected chi connectivity index (χ0v) is 16.1. The number of hydrogen-bond acceptors (Lipinski definition) is 3. The number of benzene rings is 2. The standard InChI is InChI=1S/C24H22N2O3/c27-23(21-9-8-17-7-6-16-3-1-5-20(21)22(16)17)19-4-2-12-25(15-19)24(28)18-10-13-26(29)14-11-18/h1,3,5,8-11,13-14,19H,2,4,6-7,12,15H2/t19-/m1/s1. The monoisotopic (exact) mass is 386 g/mol. The molecule has 0 unspecified atom stereocenters. The van der Waals surface area contributed by atoms with E-state index in [9.17, 15) is 14.8 Å². The van der Waals surface area contributed by atoms with Gasteiger partial charge in [-0.3, -0.25) is 9.59 Å². The quantitative estimate of drug-likeness (QED) is 0.394. The highest BCUT2D eigenvalue weighted by atomic mass is 16.5. The molecule has 0 N–H and O–H groups in total. The largest absolute Gasteiger partial charge is 0.619 e. The number of ketones is 1. The number of carbonyl (C=O) groups is 2. The van der Waals surface area contributed by atoms with Gasteiger partial charge >= 0.3 is 0 Å². The summed E-state index contributed by atoms with van der Waals surface area (Å²) in [6, 6.07) is 13.4. The van der Waals surface area contributed by atoms with Gasteiger partial charge in [0, 0.05) is 36.7 Å². The predicted octanol–water partition coefficient (Wildman–Crippen LogP) is 3.31. The molecule has 3 aromatic rings. The van der Waals surface area contributed by atoms with E-state index in [1.807, 2.05) is 12.1 Å². The number of pyridine rings is 1. The first kappa shape index (κ1) is 17.9. The van der Waals surface area contributed by atoms with Gasteiger partial charge in [-0.2, -0.15) is 4.73 Å². The van der Waals surface area contributed by atoms with Crippen LogP contribution in [0, 0.1) is 11.1 Å². The van der Waals surface area contributed by atoms with E-state index in [-0.39, 0.29) is 17.6 Å². The van der Waals surface area contributed by atoms with Crippen LogP contribution in [0.1, 0.15) is 44.7 Å². The summed E-state index contributed by atoms with van der Waals surface area (Å²) in [6.45, 7) is 1.06. The number of hydrogen-bond donors (Lipinski definition) is 0. The molecule has 2 aliphatic rings. The minimum Gasteiger partial charge on any atom is -0.619 e. The molecule has 2 heterocycles. The maximum Gasteiger partial charge on any atom is 0.254 e. The fourth-order valence-corrected chi connectivity index (χ4v) is 4.80. The van der Waals surface area contributed by atoms with Gasteiger partial charge in [-0.1, -0.05) is 30.3 Å².